The minimum absolute atomic E-state index is 0.0818. The van der Waals surface area contributed by atoms with E-state index in [2.05, 4.69) is 0 Å². The molecule has 0 aromatic rings. The Balaban J connectivity index is 2.06. The van der Waals surface area contributed by atoms with Crippen LogP contribution in [-0.4, -0.2) is 17.4 Å². The molecule has 0 radical (unpaired) electrons. The summed E-state index contributed by atoms with van der Waals surface area (Å²) in [5, 5.41) is 8.66. The number of hydrogen-bond acceptors (Lipinski definition) is 1. The summed E-state index contributed by atoms with van der Waals surface area (Å²) >= 11 is 0. The topological polar surface area (TPSA) is 20.2 Å². The quantitative estimate of drug-likeness (QED) is 0.641. The molecular weight excluding hydrogens is 145 g/mol. The summed E-state index contributed by atoms with van der Waals surface area (Å²) in [5.41, 5.74) is 0. The zero-order valence-corrected chi connectivity index (χ0v) is 5.36. The molecule has 0 spiro atoms. The van der Waals surface area contributed by atoms with Crippen molar-refractivity contribution in [1.29, 1.82) is 0 Å². The van der Waals surface area contributed by atoms with Gasteiger partial charge in [0.1, 0.15) is 0 Å². The van der Waals surface area contributed by atoms with Gasteiger partial charge in [-0.15, -0.1) is 0 Å². The van der Waals surface area contributed by atoms with Gasteiger partial charge in [-0.2, -0.15) is 13.2 Å². The van der Waals surface area contributed by atoms with Crippen molar-refractivity contribution in [3.05, 3.63) is 0 Å². The number of hydrogen-bond donors (Lipinski definition) is 1. The Kier molecular flexibility index (Phi) is 1.90. The van der Waals surface area contributed by atoms with Crippen molar-refractivity contribution in [2.75, 3.05) is 0 Å². The summed E-state index contributed by atoms with van der Waals surface area (Å²) in [7, 11) is 0. The van der Waals surface area contributed by atoms with Gasteiger partial charge in [0, 0.05) is 6.42 Å². The molecular formula is C6H9F3O. The predicted octanol–water partition coefficient (Wildman–Crippen LogP) is 1.71. The van der Waals surface area contributed by atoms with Crippen molar-refractivity contribution in [3.8, 4) is 0 Å². The molecule has 0 aromatic heterocycles. The first-order chi connectivity index (χ1) is 4.49. The lowest BCUT2D eigenvalue weighted by atomic mass is 10.2. The van der Waals surface area contributed by atoms with Crippen LogP contribution in [0.4, 0.5) is 13.2 Å². The largest absolute Gasteiger partial charge is 0.393 e. The summed E-state index contributed by atoms with van der Waals surface area (Å²) < 4.78 is 34.5. The van der Waals surface area contributed by atoms with Crippen molar-refractivity contribution in [3.63, 3.8) is 0 Å². The Morgan fingerprint density at radius 3 is 2.20 bits per heavy atom. The highest BCUT2D eigenvalue weighted by atomic mass is 19.4. The van der Waals surface area contributed by atoms with Gasteiger partial charge in [-0.25, -0.2) is 0 Å². The molecule has 2 atom stereocenters. The highest BCUT2D eigenvalue weighted by Crippen LogP contribution is 2.37. The lowest BCUT2D eigenvalue weighted by Crippen LogP contribution is -2.07. The van der Waals surface area contributed by atoms with Crippen molar-refractivity contribution in [2.24, 2.45) is 5.92 Å². The van der Waals surface area contributed by atoms with Crippen LogP contribution in [0, 0.1) is 5.92 Å². The maximum atomic E-state index is 11.5. The molecule has 2 unspecified atom stereocenters. The third-order valence-electron chi connectivity index (χ3n) is 1.68. The molecule has 1 saturated carbocycles. The Morgan fingerprint density at radius 2 is 1.90 bits per heavy atom. The fourth-order valence-electron chi connectivity index (χ4n) is 0.891. The van der Waals surface area contributed by atoms with Crippen LogP contribution >= 0.6 is 0 Å². The minimum Gasteiger partial charge on any atom is -0.393 e. The van der Waals surface area contributed by atoms with Gasteiger partial charge in [-0.1, -0.05) is 0 Å². The van der Waals surface area contributed by atoms with Gasteiger partial charge >= 0.3 is 6.18 Å². The lowest BCUT2D eigenvalue weighted by Gasteiger charge is -2.03. The van der Waals surface area contributed by atoms with Crippen molar-refractivity contribution in [1.82, 2.24) is 0 Å². The highest BCUT2D eigenvalue weighted by Gasteiger charge is 2.38. The van der Waals surface area contributed by atoms with Crippen LogP contribution < -0.4 is 0 Å². The molecule has 0 aromatic carbocycles. The van der Waals surface area contributed by atoms with Crippen LogP contribution in [0.15, 0.2) is 0 Å². The third-order valence-corrected chi connectivity index (χ3v) is 1.68. The molecule has 1 rings (SSSR count). The lowest BCUT2D eigenvalue weighted by molar-refractivity contribution is -0.136. The average molecular weight is 154 g/mol. The molecule has 1 aliphatic rings. The van der Waals surface area contributed by atoms with Crippen LogP contribution in [0.5, 0.6) is 0 Å². The normalized spacial score (nSPS) is 32.4. The Bertz CT molecular complexity index is 121. The standard InChI is InChI=1S/C6H9F3O/c7-6(8,9)2-1-4-3-5(4)10/h4-5,10H,1-3H2. The second kappa shape index (κ2) is 2.42. The van der Waals surface area contributed by atoms with Crippen LogP contribution in [0.3, 0.4) is 0 Å². The fraction of sp³-hybridized carbons (Fsp3) is 1.00. The van der Waals surface area contributed by atoms with Crippen molar-refractivity contribution in [2.45, 2.75) is 31.5 Å². The van der Waals surface area contributed by atoms with E-state index in [1.54, 1.807) is 0 Å². The highest BCUT2D eigenvalue weighted by molar-refractivity contribution is 4.85. The summed E-state index contributed by atoms with van der Waals surface area (Å²) in [6, 6.07) is 0. The first kappa shape index (κ1) is 7.85. The molecule has 1 aliphatic carbocycles. The summed E-state index contributed by atoms with van der Waals surface area (Å²) in [6.07, 6.45) is -4.63. The van der Waals surface area contributed by atoms with Gasteiger partial charge in [0.05, 0.1) is 6.10 Å². The van der Waals surface area contributed by atoms with Gasteiger partial charge in [0.15, 0.2) is 0 Å². The van der Waals surface area contributed by atoms with E-state index in [0.717, 1.165) is 0 Å². The number of alkyl halides is 3. The molecule has 0 saturated heterocycles. The van der Waals surface area contributed by atoms with E-state index in [1.165, 1.54) is 0 Å². The zero-order valence-electron chi connectivity index (χ0n) is 5.36. The van der Waals surface area contributed by atoms with E-state index in [9.17, 15) is 13.2 Å². The molecule has 0 amide bonds. The molecule has 0 aliphatic heterocycles. The molecule has 4 heteroatoms. The summed E-state index contributed by atoms with van der Waals surface area (Å²) in [6.45, 7) is 0. The molecule has 1 fully saturated rings. The first-order valence-electron chi connectivity index (χ1n) is 3.24. The Hall–Kier alpha value is -0.250. The first-order valence-corrected chi connectivity index (χ1v) is 3.24. The van der Waals surface area contributed by atoms with Crippen molar-refractivity contribution < 1.29 is 18.3 Å². The smallest absolute Gasteiger partial charge is 0.389 e. The Morgan fingerprint density at radius 1 is 1.40 bits per heavy atom. The predicted molar refractivity (Wildman–Crippen MR) is 29.4 cm³/mol. The molecule has 1 N–H and O–H groups in total. The van der Waals surface area contributed by atoms with Crippen LogP contribution in [0.2, 0.25) is 0 Å². The second-order valence-electron chi connectivity index (χ2n) is 2.72. The molecule has 10 heavy (non-hydrogen) atoms. The summed E-state index contributed by atoms with van der Waals surface area (Å²) in [5.74, 6) is -0.0818. The summed E-state index contributed by atoms with van der Waals surface area (Å²) in [4.78, 5) is 0. The van der Waals surface area contributed by atoms with Gasteiger partial charge in [-0.3, -0.25) is 0 Å². The zero-order chi connectivity index (χ0) is 7.78. The second-order valence-corrected chi connectivity index (χ2v) is 2.72. The fourth-order valence-corrected chi connectivity index (χ4v) is 0.891. The van der Waals surface area contributed by atoms with Gasteiger partial charge in [0.2, 0.25) is 0 Å². The number of aliphatic hydroxyl groups is 1. The molecule has 0 bridgehead atoms. The molecule has 60 valence electrons. The van der Waals surface area contributed by atoms with E-state index in [0.29, 0.717) is 6.42 Å². The average Bonchev–Trinajstić information content (AvgIpc) is 2.40. The number of halogens is 3. The maximum absolute atomic E-state index is 11.5. The molecule has 0 heterocycles. The van der Waals surface area contributed by atoms with E-state index in [-0.39, 0.29) is 12.3 Å². The van der Waals surface area contributed by atoms with E-state index < -0.39 is 18.7 Å². The van der Waals surface area contributed by atoms with Crippen LogP contribution in [-0.2, 0) is 0 Å². The van der Waals surface area contributed by atoms with Crippen molar-refractivity contribution >= 4 is 0 Å². The van der Waals surface area contributed by atoms with Crippen LogP contribution in [0.25, 0.3) is 0 Å². The minimum atomic E-state index is -4.05. The maximum Gasteiger partial charge on any atom is 0.389 e. The van der Waals surface area contributed by atoms with Crippen LogP contribution in [0.1, 0.15) is 19.3 Å². The van der Waals surface area contributed by atoms with E-state index in [1.807, 2.05) is 0 Å². The van der Waals surface area contributed by atoms with E-state index in [4.69, 9.17) is 5.11 Å². The molecule has 1 nitrogen and oxygen atoms in total. The SMILES string of the molecule is OC1CC1CCC(F)(F)F. The number of aliphatic hydroxyl groups excluding tert-OH is 1. The Labute approximate surface area is 56.8 Å². The number of rotatable bonds is 2. The third kappa shape index (κ3) is 2.56. The van der Waals surface area contributed by atoms with E-state index >= 15 is 0 Å². The monoisotopic (exact) mass is 154 g/mol. The van der Waals surface area contributed by atoms with Gasteiger partial charge in [-0.05, 0) is 18.8 Å². The van der Waals surface area contributed by atoms with Gasteiger partial charge in [0.25, 0.3) is 0 Å². The van der Waals surface area contributed by atoms with Gasteiger partial charge < -0.3 is 5.11 Å².